The predicted molar refractivity (Wildman–Crippen MR) is 91.7 cm³/mol. The molecule has 2 atom stereocenters. The van der Waals surface area contributed by atoms with E-state index in [-0.39, 0.29) is 24.1 Å². The van der Waals surface area contributed by atoms with E-state index in [1.807, 2.05) is 6.92 Å². The number of carbonyl (C=O) groups excluding carboxylic acids is 1. The second-order valence-corrected chi connectivity index (χ2v) is 6.72. The fraction of sp³-hybridized carbons (Fsp3) is 0.316. The minimum atomic E-state index is -4.61. The van der Waals surface area contributed by atoms with E-state index in [0.717, 1.165) is 12.1 Å². The standard InChI is InChI=1S/C19H16ClF4NO/c1-2-11-10-25(14-6-7-16(20)15(9-14)19(22,23)24)18(26)17(11)12-4-3-5-13(21)8-12/h3-9,11,17H,2,10H2,1H3. The van der Waals surface area contributed by atoms with Crippen molar-refractivity contribution in [2.75, 3.05) is 11.4 Å². The second kappa shape index (κ2) is 6.91. The number of halogens is 5. The Hall–Kier alpha value is -2.08. The largest absolute Gasteiger partial charge is 0.417 e. The van der Waals surface area contributed by atoms with Gasteiger partial charge in [-0.15, -0.1) is 0 Å². The molecule has 0 radical (unpaired) electrons. The molecule has 1 heterocycles. The van der Waals surface area contributed by atoms with Crippen molar-refractivity contribution in [2.24, 2.45) is 5.92 Å². The van der Waals surface area contributed by atoms with Gasteiger partial charge in [0.1, 0.15) is 5.82 Å². The van der Waals surface area contributed by atoms with Gasteiger partial charge in [0, 0.05) is 12.2 Å². The number of hydrogen-bond acceptors (Lipinski definition) is 1. The molecule has 0 aliphatic carbocycles. The smallest absolute Gasteiger partial charge is 0.312 e. The maximum Gasteiger partial charge on any atom is 0.417 e. The summed E-state index contributed by atoms with van der Waals surface area (Å²) in [4.78, 5) is 14.3. The summed E-state index contributed by atoms with van der Waals surface area (Å²) < 4.78 is 52.9. The van der Waals surface area contributed by atoms with Gasteiger partial charge in [0.2, 0.25) is 5.91 Å². The Labute approximate surface area is 153 Å². The molecule has 1 aliphatic rings. The van der Waals surface area contributed by atoms with Gasteiger partial charge in [-0.3, -0.25) is 4.79 Å². The summed E-state index contributed by atoms with van der Waals surface area (Å²) in [5.41, 5.74) is -0.301. The van der Waals surface area contributed by atoms with Crippen molar-refractivity contribution in [2.45, 2.75) is 25.4 Å². The molecule has 1 amide bonds. The van der Waals surface area contributed by atoms with E-state index in [1.165, 1.54) is 29.2 Å². The van der Waals surface area contributed by atoms with Crippen LogP contribution >= 0.6 is 11.6 Å². The monoisotopic (exact) mass is 385 g/mol. The lowest BCUT2D eigenvalue weighted by Gasteiger charge is -2.19. The summed E-state index contributed by atoms with van der Waals surface area (Å²) in [5.74, 6) is -1.48. The third kappa shape index (κ3) is 3.43. The van der Waals surface area contributed by atoms with Crippen LogP contribution in [0.4, 0.5) is 23.2 Å². The molecule has 1 aliphatic heterocycles. The van der Waals surface area contributed by atoms with Crippen molar-refractivity contribution in [3.63, 3.8) is 0 Å². The van der Waals surface area contributed by atoms with E-state index in [1.54, 1.807) is 6.07 Å². The van der Waals surface area contributed by atoms with Gasteiger partial charge in [-0.2, -0.15) is 13.2 Å². The van der Waals surface area contributed by atoms with Crippen molar-refractivity contribution in [1.82, 2.24) is 0 Å². The molecule has 138 valence electrons. The first-order valence-corrected chi connectivity index (χ1v) is 8.53. The van der Waals surface area contributed by atoms with Crippen LogP contribution < -0.4 is 4.90 Å². The van der Waals surface area contributed by atoms with Crippen LogP contribution in [0, 0.1) is 11.7 Å². The number of amides is 1. The maximum atomic E-state index is 13.6. The van der Waals surface area contributed by atoms with Gasteiger partial charge < -0.3 is 4.90 Å². The van der Waals surface area contributed by atoms with Crippen molar-refractivity contribution in [3.05, 3.63) is 64.4 Å². The van der Waals surface area contributed by atoms with E-state index in [9.17, 15) is 22.4 Å². The van der Waals surface area contributed by atoms with Crippen molar-refractivity contribution >= 4 is 23.2 Å². The molecule has 2 nitrogen and oxygen atoms in total. The first-order valence-electron chi connectivity index (χ1n) is 8.16. The van der Waals surface area contributed by atoms with Gasteiger partial charge in [-0.05, 0) is 41.8 Å². The van der Waals surface area contributed by atoms with E-state index in [0.29, 0.717) is 12.0 Å². The summed E-state index contributed by atoms with van der Waals surface area (Å²) >= 11 is 5.66. The predicted octanol–water partition coefficient (Wildman–Crippen LogP) is 5.65. The van der Waals surface area contributed by atoms with Crippen LogP contribution in [0.1, 0.15) is 30.4 Å². The van der Waals surface area contributed by atoms with Crippen LogP contribution in [0.3, 0.4) is 0 Å². The zero-order chi connectivity index (χ0) is 19.1. The Bertz CT molecular complexity index is 837. The minimum absolute atomic E-state index is 0.116. The lowest BCUT2D eigenvalue weighted by atomic mass is 9.87. The van der Waals surface area contributed by atoms with Gasteiger partial charge in [0.05, 0.1) is 16.5 Å². The number of anilines is 1. The molecule has 0 spiro atoms. The zero-order valence-electron chi connectivity index (χ0n) is 13.9. The minimum Gasteiger partial charge on any atom is -0.312 e. The van der Waals surface area contributed by atoms with Crippen molar-refractivity contribution in [3.8, 4) is 0 Å². The van der Waals surface area contributed by atoms with Gasteiger partial charge in [0.15, 0.2) is 0 Å². The van der Waals surface area contributed by atoms with E-state index in [2.05, 4.69) is 0 Å². The average molecular weight is 386 g/mol. The molecular formula is C19H16ClF4NO. The SMILES string of the molecule is CCC1CN(c2ccc(Cl)c(C(F)(F)F)c2)C(=O)C1c1cccc(F)c1. The van der Waals surface area contributed by atoms with Crippen LogP contribution in [0.2, 0.25) is 5.02 Å². The maximum absolute atomic E-state index is 13.6. The third-order valence-electron chi connectivity index (χ3n) is 4.72. The number of nitrogens with zero attached hydrogens (tertiary/aromatic N) is 1. The molecule has 7 heteroatoms. The Balaban J connectivity index is 1.99. The number of carbonyl (C=O) groups is 1. The highest BCUT2D eigenvalue weighted by molar-refractivity contribution is 6.31. The Morgan fingerprint density at radius 2 is 1.92 bits per heavy atom. The molecule has 1 saturated heterocycles. The van der Waals surface area contributed by atoms with Crippen LogP contribution in [-0.4, -0.2) is 12.5 Å². The Kier molecular flexibility index (Phi) is 4.97. The Morgan fingerprint density at radius 1 is 1.19 bits per heavy atom. The van der Waals surface area contributed by atoms with E-state index in [4.69, 9.17) is 11.6 Å². The number of alkyl halides is 3. The Morgan fingerprint density at radius 3 is 2.54 bits per heavy atom. The highest BCUT2D eigenvalue weighted by Crippen LogP contribution is 2.41. The second-order valence-electron chi connectivity index (χ2n) is 6.31. The molecular weight excluding hydrogens is 370 g/mol. The normalized spacial score (nSPS) is 20.7. The van der Waals surface area contributed by atoms with Crippen molar-refractivity contribution in [1.29, 1.82) is 0 Å². The number of benzene rings is 2. The van der Waals surface area contributed by atoms with Gasteiger partial charge >= 0.3 is 6.18 Å². The van der Waals surface area contributed by atoms with Gasteiger partial charge in [0.25, 0.3) is 0 Å². The van der Waals surface area contributed by atoms with E-state index >= 15 is 0 Å². The molecule has 0 aromatic heterocycles. The molecule has 0 N–H and O–H groups in total. The molecule has 26 heavy (non-hydrogen) atoms. The topological polar surface area (TPSA) is 20.3 Å². The molecule has 1 fully saturated rings. The summed E-state index contributed by atoms with van der Waals surface area (Å²) in [6.45, 7) is 2.17. The average Bonchev–Trinajstić information content (AvgIpc) is 2.91. The molecule has 0 bridgehead atoms. The highest BCUT2D eigenvalue weighted by Gasteiger charge is 2.42. The van der Waals surface area contributed by atoms with E-state index < -0.39 is 28.5 Å². The lowest BCUT2D eigenvalue weighted by Crippen LogP contribution is -2.26. The van der Waals surface area contributed by atoms with Crippen LogP contribution in [0.15, 0.2) is 42.5 Å². The van der Waals surface area contributed by atoms with Gasteiger partial charge in [-0.1, -0.05) is 37.1 Å². The fourth-order valence-electron chi connectivity index (χ4n) is 3.41. The molecule has 2 aromatic carbocycles. The first kappa shape index (κ1) is 18.7. The molecule has 2 unspecified atom stereocenters. The lowest BCUT2D eigenvalue weighted by molar-refractivity contribution is -0.137. The molecule has 2 aromatic rings. The van der Waals surface area contributed by atoms with Crippen LogP contribution in [0.5, 0.6) is 0 Å². The molecule has 0 saturated carbocycles. The number of hydrogen-bond donors (Lipinski definition) is 0. The van der Waals surface area contributed by atoms with Crippen LogP contribution in [0.25, 0.3) is 0 Å². The fourth-order valence-corrected chi connectivity index (χ4v) is 3.63. The summed E-state index contributed by atoms with van der Waals surface area (Å²) in [6.07, 6.45) is -3.97. The van der Waals surface area contributed by atoms with Gasteiger partial charge in [-0.25, -0.2) is 4.39 Å². The summed E-state index contributed by atoms with van der Waals surface area (Å²) in [7, 11) is 0. The number of rotatable bonds is 3. The van der Waals surface area contributed by atoms with Crippen molar-refractivity contribution < 1.29 is 22.4 Å². The van der Waals surface area contributed by atoms with Crippen LogP contribution in [-0.2, 0) is 11.0 Å². The third-order valence-corrected chi connectivity index (χ3v) is 5.05. The quantitative estimate of drug-likeness (QED) is 0.625. The molecule has 3 rings (SSSR count). The summed E-state index contributed by atoms with van der Waals surface area (Å²) in [6, 6.07) is 9.22. The first-order chi connectivity index (χ1) is 12.2. The summed E-state index contributed by atoms with van der Waals surface area (Å²) in [5, 5.41) is -0.415. The zero-order valence-corrected chi connectivity index (χ0v) is 14.6. The highest BCUT2D eigenvalue weighted by atomic mass is 35.5.